The van der Waals surface area contributed by atoms with Crippen LogP contribution in [0, 0.1) is 0 Å². The zero-order valence-corrected chi connectivity index (χ0v) is 32.4. The third-order valence-electron chi connectivity index (χ3n) is 11.6. The van der Waals surface area contributed by atoms with Gasteiger partial charge in [0, 0.05) is 44.4 Å². The highest BCUT2D eigenvalue weighted by Crippen LogP contribution is 2.56. The molecular weight excluding hydrogens is 741 g/mol. The first-order valence-corrected chi connectivity index (χ1v) is 20.6. The van der Waals surface area contributed by atoms with E-state index in [0.717, 1.165) is 32.7 Å². The van der Waals surface area contributed by atoms with Crippen molar-refractivity contribution in [1.29, 1.82) is 0 Å². The second-order valence-electron chi connectivity index (χ2n) is 15.0. The van der Waals surface area contributed by atoms with Crippen molar-refractivity contribution in [3.05, 3.63) is 215 Å². The molecule has 0 radical (unpaired) electrons. The van der Waals surface area contributed by atoms with Crippen molar-refractivity contribution in [3.8, 4) is 67.6 Å². The zero-order valence-electron chi connectivity index (χ0n) is 31.6. The van der Waals surface area contributed by atoms with E-state index in [1.807, 2.05) is 78.9 Å². The molecule has 10 aromatic rings. The summed E-state index contributed by atoms with van der Waals surface area (Å²) in [6.07, 6.45) is 0. The Morgan fingerprint density at radius 1 is 0.288 bits per heavy atom. The number of benzene rings is 7. The standard InChI is InChI=1S/C52H32N6S/c1-4-14-31(15-5-1)47-53-48(32-16-6-2-7-17-32)55-50(54-47)35-24-26-39-41(28-35)45-37-21-11-12-22-38(37)46(39)42-29-36(25-27-40(42)45)51-56-49(33-18-8-3-9-19-33)57-52(58-51)44-30-34-20-10-13-23-43(34)59-44/h1-30,45-46H. The molecule has 6 nitrogen and oxygen atoms in total. The summed E-state index contributed by atoms with van der Waals surface area (Å²) in [7, 11) is 0. The minimum atomic E-state index is 0.0471. The molecule has 0 saturated heterocycles. The molecule has 7 heteroatoms. The van der Waals surface area contributed by atoms with Crippen LogP contribution in [0.2, 0.25) is 0 Å². The summed E-state index contributed by atoms with van der Waals surface area (Å²) >= 11 is 1.71. The van der Waals surface area contributed by atoms with Crippen LogP contribution in [-0.2, 0) is 0 Å². The van der Waals surface area contributed by atoms with E-state index in [9.17, 15) is 0 Å². The summed E-state index contributed by atoms with van der Waals surface area (Å²) in [5.74, 6) is 4.07. The van der Waals surface area contributed by atoms with Gasteiger partial charge in [0.25, 0.3) is 0 Å². The lowest BCUT2D eigenvalue weighted by atomic mass is 9.61. The number of hydrogen-bond donors (Lipinski definition) is 0. The first-order chi connectivity index (χ1) is 29.2. The van der Waals surface area contributed by atoms with Gasteiger partial charge < -0.3 is 0 Å². The summed E-state index contributed by atoms with van der Waals surface area (Å²) in [4.78, 5) is 31.4. The molecule has 0 amide bonds. The van der Waals surface area contributed by atoms with E-state index in [-0.39, 0.29) is 11.8 Å². The molecule has 2 unspecified atom stereocenters. The Labute approximate surface area is 344 Å². The lowest BCUT2D eigenvalue weighted by Gasteiger charge is -2.42. The van der Waals surface area contributed by atoms with Crippen LogP contribution in [0.1, 0.15) is 45.2 Å². The molecule has 0 saturated carbocycles. The molecule has 0 fully saturated rings. The average Bonchev–Trinajstić information content (AvgIpc) is 3.76. The molecule has 2 bridgehead atoms. The predicted octanol–water partition coefficient (Wildman–Crippen LogP) is 12.3. The number of nitrogens with zero attached hydrogens (tertiary/aromatic N) is 6. The molecular formula is C52H32N6S. The first-order valence-electron chi connectivity index (χ1n) is 19.8. The number of fused-ring (bicyclic) bond motifs is 1. The lowest BCUT2D eigenvalue weighted by molar-refractivity contribution is 0.754. The lowest BCUT2D eigenvalue weighted by Crippen LogP contribution is -2.27. The van der Waals surface area contributed by atoms with Crippen LogP contribution < -0.4 is 0 Å². The van der Waals surface area contributed by atoms with Crippen molar-refractivity contribution in [2.45, 2.75) is 11.8 Å². The topological polar surface area (TPSA) is 77.3 Å². The van der Waals surface area contributed by atoms with Gasteiger partial charge in [-0.1, -0.05) is 158 Å². The third-order valence-corrected chi connectivity index (χ3v) is 12.7. The molecule has 276 valence electrons. The van der Waals surface area contributed by atoms with E-state index in [4.69, 9.17) is 29.9 Å². The molecule has 59 heavy (non-hydrogen) atoms. The van der Waals surface area contributed by atoms with Crippen LogP contribution in [0.15, 0.2) is 182 Å². The average molecular weight is 773 g/mol. The van der Waals surface area contributed by atoms with Crippen molar-refractivity contribution in [1.82, 2.24) is 29.9 Å². The summed E-state index contributed by atoms with van der Waals surface area (Å²) in [6, 6.07) is 63.6. The normalized spacial score (nSPS) is 14.8. The maximum atomic E-state index is 5.17. The predicted molar refractivity (Wildman–Crippen MR) is 236 cm³/mol. The van der Waals surface area contributed by atoms with Gasteiger partial charge in [-0.2, -0.15) is 0 Å². The van der Waals surface area contributed by atoms with Gasteiger partial charge in [-0.05, 0) is 63.0 Å². The Morgan fingerprint density at radius 2 is 0.661 bits per heavy atom. The maximum absolute atomic E-state index is 5.17. The Bertz CT molecular complexity index is 3150. The van der Waals surface area contributed by atoms with Crippen LogP contribution in [0.3, 0.4) is 0 Å². The fraction of sp³-hybridized carbons (Fsp3) is 0.0385. The van der Waals surface area contributed by atoms with Crippen LogP contribution in [0.4, 0.5) is 0 Å². The van der Waals surface area contributed by atoms with Gasteiger partial charge in [0.1, 0.15) is 0 Å². The second-order valence-corrected chi connectivity index (χ2v) is 16.1. The summed E-state index contributed by atoms with van der Waals surface area (Å²) in [5, 5.41) is 1.18. The molecule has 0 N–H and O–H groups in total. The Balaban J connectivity index is 0.991. The Hall–Kier alpha value is -7.48. The molecule has 0 spiro atoms. The smallest absolute Gasteiger partial charge is 0.174 e. The Kier molecular flexibility index (Phi) is 7.74. The van der Waals surface area contributed by atoms with Crippen molar-refractivity contribution < 1.29 is 0 Å². The summed E-state index contributed by atoms with van der Waals surface area (Å²) in [6.45, 7) is 0. The van der Waals surface area contributed by atoms with Crippen molar-refractivity contribution >= 4 is 21.4 Å². The SMILES string of the molecule is c1ccc(-c2nc(-c3ccccc3)nc(-c3ccc4c(c3)C3c5ccccc5C4c4cc(-c5nc(-c6ccccc6)nc(-c6cc7ccccc7s6)n5)ccc43)n2)cc1. The van der Waals surface area contributed by atoms with E-state index in [0.29, 0.717) is 34.9 Å². The molecule has 3 aliphatic rings. The molecule has 2 atom stereocenters. The largest absolute Gasteiger partial charge is 0.208 e. The molecule has 0 aliphatic heterocycles. The third kappa shape index (κ3) is 5.69. The number of thiophene rings is 1. The van der Waals surface area contributed by atoms with Crippen LogP contribution in [0.5, 0.6) is 0 Å². The fourth-order valence-electron chi connectivity index (χ4n) is 8.86. The highest BCUT2D eigenvalue weighted by atomic mass is 32.1. The number of rotatable bonds is 6. The van der Waals surface area contributed by atoms with Crippen LogP contribution in [-0.4, -0.2) is 29.9 Å². The van der Waals surface area contributed by atoms with Crippen LogP contribution >= 0.6 is 11.3 Å². The van der Waals surface area contributed by atoms with Gasteiger partial charge in [0.2, 0.25) is 0 Å². The molecule has 3 aromatic heterocycles. The van der Waals surface area contributed by atoms with Crippen molar-refractivity contribution in [2.24, 2.45) is 0 Å². The zero-order chi connectivity index (χ0) is 38.9. The second kappa shape index (κ2) is 13.6. The van der Waals surface area contributed by atoms with E-state index in [1.54, 1.807) is 11.3 Å². The van der Waals surface area contributed by atoms with Gasteiger partial charge in [-0.3, -0.25) is 0 Å². The number of hydrogen-bond acceptors (Lipinski definition) is 7. The Morgan fingerprint density at radius 3 is 1.12 bits per heavy atom. The summed E-state index contributed by atoms with van der Waals surface area (Å²) in [5.41, 5.74) is 12.7. The van der Waals surface area contributed by atoms with Crippen molar-refractivity contribution in [2.75, 3.05) is 0 Å². The van der Waals surface area contributed by atoms with E-state index < -0.39 is 0 Å². The maximum Gasteiger partial charge on any atom is 0.174 e. The minimum absolute atomic E-state index is 0.0471. The number of aromatic nitrogens is 6. The quantitative estimate of drug-likeness (QED) is 0.167. The monoisotopic (exact) mass is 772 g/mol. The van der Waals surface area contributed by atoms with Gasteiger partial charge in [-0.25, -0.2) is 29.9 Å². The van der Waals surface area contributed by atoms with Crippen molar-refractivity contribution in [3.63, 3.8) is 0 Å². The highest BCUT2D eigenvalue weighted by Gasteiger charge is 2.41. The first kappa shape index (κ1) is 33.6. The van der Waals surface area contributed by atoms with Gasteiger partial charge >= 0.3 is 0 Å². The van der Waals surface area contributed by atoms with Crippen LogP contribution in [0.25, 0.3) is 77.7 Å². The van der Waals surface area contributed by atoms with Gasteiger partial charge in [-0.15, -0.1) is 11.3 Å². The minimum Gasteiger partial charge on any atom is -0.208 e. The molecule has 13 rings (SSSR count). The van der Waals surface area contributed by atoms with E-state index in [2.05, 4.69) is 103 Å². The highest BCUT2D eigenvalue weighted by molar-refractivity contribution is 7.22. The van der Waals surface area contributed by atoms with E-state index in [1.165, 1.54) is 43.5 Å². The fourth-order valence-corrected chi connectivity index (χ4v) is 9.85. The summed E-state index contributed by atoms with van der Waals surface area (Å²) < 4.78 is 1.21. The molecule has 3 aliphatic carbocycles. The van der Waals surface area contributed by atoms with Gasteiger partial charge in [0.05, 0.1) is 4.88 Å². The van der Waals surface area contributed by atoms with Gasteiger partial charge in [0.15, 0.2) is 34.9 Å². The molecule has 7 aromatic carbocycles. The van der Waals surface area contributed by atoms with E-state index >= 15 is 0 Å². The molecule has 3 heterocycles.